The number of carbonyl (C=O) groups is 1. The van der Waals surface area contributed by atoms with Crippen LogP contribution in [0.1, 0.15) is 27.7 Å². The lowest BCUT2D eigenvalue weighted by Crippen LogP contribution is -2.17. The van der Waals surface area contributed by atoms with Gasteiger partial charge in [-0.3, -0.25) is 4.79 Å². The largest absolute Gasteiger partial charge is 0.326 e. The maximum atomic E-state index is 11.3. The molecule has 1 N–H and O–H groups in total. The molecule has 1 aromatic rings. The fourth-order valence-electron chi connectivity index (χ4n) is 0.870. The van der Waals surface area contributed by atoms with Gasteiger partial charge in [-0.15, -0.1) is 12.6 Å². The lowest BCUT2D eigenvalue weighted by atomic mass is 10.2. The second kappa shape index (κ2) is 7.35. The van der Waals surface area contributed by atoms with E-state index in [0.717, 1.165) is 10.6 Å². The minimum Gasteiger partial charge on any atom is -0.326 e. The molecule has 0 aliphatic heterocycles. The fraction of sp³-hybridized carbons (Fsp3) is 0.417. The highest BCUT2D eigenvalue weighted by molar-refractivity contribution is 7.80. The number of anilines is 1. The van der Waals surface area contributed by atoms with E-state index in [1.807, 2.05) is 52.0 Å². The molecule has 0 atom stereocenters. The van der Waals surface area contributed by atoms with Crippen LogP contribution < -0.4 is 5.32 Å². The van der Waals surface area contributed by atoms with Gasteiger partial charge in [0, 0.05) is 16.5 Å². The zero-order valence-electron chi connectivity index (χ0n) is 9.74. The Hall–Kier alpha value is -0.960. The molecular weight excluding hydrogens is 206 g/mol. The zero-order chi connectivity index (χ0) is 11.8. The number of amides is 1. The van der Waals surface area contributed by atoms with Crippen molar-refractivity contribution >= 4 is 24.2 Å². The maximum Gasteiger partial charge on any atom is 0.226 e. The van der Waals surface area contributed by atoms with Crippen LogP contribution in [0.25, 0.3) is 0 Å². The smallest absolute Gasteiger partial charge is 0.226 e. The first kappa shape index (κ1) is 14.0. The number of hydrogen-bond donors (Lipinski definition) is 2. The highest BCUT2D eigenvalue weighted by Gasteiger charge is 2.06. The lowest BCUT2D eigenvalue weighted by Gasteiger charge is -2.07. The van der Waals surface area contributed by atoms with Crippen molar-refractivity contribution in [3.05, 3.63) is 24.3 Å². The fourth-order valence-corrected chi connectivity index (χ4v) is 1.10. The molecular formula is C12H19NOS. The summed E-state index contributed by atoms with van der Waals surface area (Å²) in [6.07, 6.45) is 0. The maximum absolute atomic E-state index is 11.3. The van der Waals surface area contributed by atoms with Gasteiger partial charge in [-0.25, -0.2) is 0 Å². The van der Waals surface area contributed by atoms with Crippen LogP contribution in [0.2, 0.25) is 0 Å². The molecule has 0 saturated heterocycles. The number of carbonyl (C=O) groups excluding carboxylic acids is 1. The van der Waals surface area contributed by atoms with E-state index in [4.69, 9.17) is 0 Å². The summed E-state index contributed by atoms with van der Waals surface area (Å²) < 4.78 is 0. The summed E-state index contributed by atoms with van der Waals surface area (Å²) in [7, 11) is 0. The number of nitrogens with one attached hydrogen (secondary N) is 1. The van der Waals surface area contributed by atoms with Crippen LogP contribution in [0.5, 0.6) is 0 Å². The van der Waals surface area contributed by atoms with Gasteiger partial charge in [-0.1, -0.05) is 33.8 Å². The van der Waals surface area contributed by atoms with Gasteiger partial charge < -0.3 is 5.32 Å². The molecule has 0 fully saturated rings. The van der Waals surface area contributed by atoms with Crippen molar-refractivity contribution < 1.29 is 4.79 Å². The van der Waals surface area contributed by atoms with Gasteiger partial charge in [0.25, 0.3) is 0 Å². The lowest BCUT2D eigenvalue weighted by molar-refractivity contribution is -0.118. The van der Waals surface area contributed by atoms with Crippen molar-refractivity contribution in [1.29, 1.82) is 0 Å². The van der Waals surface area contributed by atoms with Crippen molar-refractivity contribution in [2.75, 3.05) is 5.32 Å². The van der Waals surface area contributed by atoms with Crippen LogP contribution >= 0.6 is 12.6 Å². The number of rotatable bonds is 2. The molecule has 0 aliphatic rings. The van der Waals surface area contributed by atoms with Crippen molar-refractivity contribution in [2.24, 2.45) is 5.92 Å². The Morgan fingerprint density at radius 2 is 1.93 bits per heavy atom. The van der Waals surface area contributed by atoms with Crippen molar-refractivity contribution in [3.63, 3.8) is 0 Å². The molecule has 3 heteroatoms. The van der Waals surface area contributed by atoms with Crippen LogP contribution in [0.15, 0.2) is 29.2 Å². The summed E-state index contributed by atoms with van der Waals surface area (Å²) in [4.78, 5) is 12.1. The second-order valence-electron chi connectivity index (χ2n) is 3.19. The van der Waals surface area contributed by atoms with Gasteiger partial charge in [0.1, 0.15) is 0 Å². The van der Waals surface area contributed by atoms with E-state index in [-0.39, 0.29) is 11.8 Å². The van der Waals surface area contributed by atoms with E-state index >= 15 is 0 Å². The molecule has 0 spiro atoms. The Morgan fingerprint density at radius 1 is 1.33 bits per heavy atom. The van der Waals surface area contributed by atoms with E-state index < -0.39 is 0 Å². The first-order valence-electron chi connectivity index (χ1n) is 5.19. The molecule has 0 heterocycles. The van der Waals surface area contributed by atoms with E-state index in [1.165, 1.54) is 0 Å². The molecule has 0 bridgehead atoms. The summed E-state index contributed by atoms with van der Waals surface area (Å²) in [5.74, 6) is 0.0301. The number of benzene rings is 1. The normalized spacial score (nSPS) is 9.20. The van der Waals surface area contributed by atoms with Gasteiger partial charge in [0.15, 0.2) is 0 Å². The molecule has 1 aromatic carbocycles. The molecule has 2 nitrogen and oxygen atoms in total. The molecule has 0 aliphatic carbocycles. The van der Waals surface area contributed by atoms with Gasteiger partial charge in [-0.05, 0) is 18.2 Å². The molecule has 84 valence electrons. The number of hydrogen-bond acceptors (Lipinski definition) is 2. The third kappa shape index (κ3) is 5.47. The molecule has 0 saturated carbocycles. The van der Waals surface area contributed by atoms with Crippen molar-refractivity contribution in [3.8, 4) is 0 Å². The summed E-state index contributed by atoms with van der Waals surface area (Å²) in [5.41, 5.74) is 0.797. The van der Waals surface area contributed by atoms with E-state index in [2.05, 4.69) is 17.9 Å². The zero-order valence-corrected chi connectivity index (χ0v) is 10.6. The number of thiol groups is 1. The van der Waals surface area contributed by atoms with Gasteiger partial charge in [0.2, 0.25) is 5.91 Å². The summed E-state index contributed by atoms with van der Waals surface area (Å²) >= 11 is 4.18. The van der Waals surface area contributed by atoms with Crippen LogP contribution in [-0.2, 0) is 4.79 Å². The minimum absolute atomic E-state index is 0.00331. The molecule has 0 aromatic heterocycles. The SMILES string of the molecule is CC.CC(C)C(=O)Nc1cccc(S)c1. The van der Waals surface area contributed by atoms with Crippen LogP contribution in [0.3, 0.4) is 0 Å². The third-order valence-corrected chi connectivity index (χ3v) is 1.92. The monoisotopic (exact) mass is 225 g/mol. The first-order chi connectivity index (χ1) is 7.09. The Bertz CT molecular complexity index is 310. The Kier molecular flexibility index (Phi) is 6.88. The average Bonchev–Trinajstić information content (AvgIpc) is 2.20. The van der Waals surface area contributed by atoms with Crippen LogP contribution in [0, 0.1) is 5.92 Å². The van der Waals surface area contributed by atoms with E-state index in [1.54, 1.807) is 0 Å². The predicted octanol–water partition coefficient (Wildman–Crippen LogP) is 3.60. The van der Waals surface area contributed by atoms with E-state index in [9.17, 15) is 4.79 Å². The predicted molar refractivity (Wildman–Crippen MR) is 68.5 cm³/mol. The Labute approximate surface area is 97.5 Å². The summed E-state index contributed by atoms with van der Waals surface area (Å²) in [5, 5.41) is 2.79. The quantitative estimate of drug-likeness (QED) is 0.740. The highest BCUT2D eigenvalue weighted by Crippen LogP contribution is 2.14. The molecule has 0 unspecified atom stereocenters. The van der Waals surface area contributed by atoms with Crippen molar-refractivity contribution in [2.45, 2.75) is 32.6 Å². The van der Waals surface area contributed by atoms with E-state index in [0.29, 0.717) is 0 Å². The van der Waals surface area contributed by atoms with Crippen LogP contribution in [-0.4, -0.2) is 5.91 Å². The Morgan fingerprint density at radius 3 is 2.40 bits per heavy atom. The Balaban J connectivity index is 0.000000921. The highest BCUT2D eigenvalue weighted by atomic mass is 32.1. The molecule has 1 amide bonds. The van der Waals surface area contributed by atoms with Gasteiger partial charge in [0.05, 0.1) is 0 Å². The summed E-state index contributed by atoms with van der Waals surface area (Å²) in [6, 6.07) is 7.40. The first-order valence-corrected chi connectivity index (χ1v) is 5.64. The third-order valence-electron chi connectivity index (χ3n) is 1.64. The standard InChI is InChI=1S/C10H13NOS.C2H6/c1-7(2)10(12)11-8-4-3-5-9(13)6-8;1-2/h3-7,13H,1-2H3,(H,11,12);1-2H3. The second-order valence-corrected chi connectivity index (χ2v) is 3.71. The minimum atomic E-state index is 0.00331. The molecule has 0 radical (unpaired) electrons. The van der Waals surface area contributed by atoms with Gasteiger partial charge >= 0.3 is 0 Å². The van der Waals surface area contributed by atoms with Gasteiger partial charge in [-0.2, -0.15) is 0 Å². The van der Waals surface area contributed by atoms with Crippen LogP contribution in [0.4, 0.5) is 5.69 Å². The molecule has 15 heavy (non-hydrogen) atoms. The average molecular weight is 225 g/mol. The van der Waals surface area contributed by atoms with Crippen molar-refractivity contribution in [1.82, 2.24) is 0 Å². The summed E-state index contributed by atoms with van der Waals surface area (Å²) in [6.45, 7) is 7.72. The topological polar surface area (TPSA) is 29.1 Å². The molecule has 1 rings (SSSR count).